The van der Waals surface area contributed by atoms with Crippen molar-refractivity contribution >= 4 is 52.5 Å². The van der Waals surface area contributed by atoms with Crippen LogP contribution in [0.15, 0.2) is 42.5 Å². The van der Waals surface area contributed by atoms with E-state index in [9.17, 15) is 24.0 Å². The van der Waals surface area contributed by atoms with Crippen molar-refractivity contribution in [1.29, 1.82) is 5.26 Å². The number of benzene rings is 2. The Morgan fingerprint density at radius 2 is 1.70 bits per heavy atom. The number of nitrogens with one attached hydrogen (secondary N) is 1. The van der Waals surface area contributed by atoms with Gasteiger partial charge in [-0.25, -0.2) is 0 Å². The van der Waals surface area contributed by atoms with Crippen LogP contribution in [0.2, 0.25) is 0 Å². The quantitative estimate of drug-likeness (QED) is 0.367. The highest BCUT2D eigenvalue weighted by molar-refractivity contribution is 6.18. The van der Waals surface area contributed by atoms with Gasteiger partial charge in [-0.15, -0.1) is 11.6 Å². The summed E-state index contributed by atoms with van der Waals surface area (Å²) in [4.78, 5) is 63.8. The molecule has 0 saturated carbocycles. The molecule has 0 fully saturated rings. The van der Waals surface area contributed by atoms with Gasteiger partial charge in [0.05, 0.1) is 18.1 Å². The Morgan fingerprint density at radius 3 is 2.30 bits per heavy atom. The van der Waals surface area contributed by atoms with Crippen molar-refractivity contribution in [3.8, 4) is 6.07 Å². The SMILES string of the molecule is CC(=O)O[C@@H](C(=O)Cc1ccc(C#N)cc1)[C@@H](OC(C)=O)C(=O)N(CCCl)c1ccc2c(c1)CC(=O)N2. The van der Waals surface area contributed by atoms with E-state index < -0.39 is 35.8 Å². The lowest BCUT2D eigenvalue weighted by Crippen LogP contribution is -2.52. The van der Waals surface area contributed by atoms with Gasteiger partial charge in [0.1, 0.15) is 0 Å². The van der Waals surface area contributed by atoms with Crippen LogP contribution in [0.1, 0.15) is 30.5 Å². The molecule has 1 aliphatic heterocycles. The Morgan fingerprint density at radius 1 is 1.05 bits per heavy atom. The molecular formula is C26H24ClN3O7. The zero-order chi connectivity index (χ0) is 27.1. The Bertz CT molecular complexity index is 1270. The summed E-state index contributed by atoms with van der Waals surface area (Å²) >= 11 is 5.96. The molecule has 0 unspecified atom stereocenters. The van der Waals surface area contributed by atoms with E-state index in [0.29, 0.717) is 28.1 Å². The molecule has 1 aliphatic rings. The number of amides is 2. The molecule has 0 aromatic heterocycles. The monoisotopic (exact) mass is 525 g/mol. The topological polar surface area (TPSA) is 143 Å². The van der Waals surface area contributed by atoms with E-state index in [2.05, 4.69) is 5.32 Å². The molecule has 0 saturated heterocycles. The van der Waals surface area contributed by atoms with Crippen molar-refractivity contribution in [3.63, 3.8) is 0 Å². The molecule has 1 N–H and O–H groups in total. The maximum absolute atomic E-state index is 13.7. The zero-order valence-electron chi connectivity index (χ0n) is 20.2. The minimum absolute atomic E-state index is 0.00418. The molecule has 0 aliphatic carbocycles. The Kier molecular flexibility index (Phi) is 8.98. The summed E-state index contributed by atoms with van der Waals surface area (Å²) in [6.45, 7) is 2.11. The molecule has 10 nitrogen and oxygen atoms in total. The summed E-state index contributed by atoms with van der Waals surface area (Å²) in [5, 5.41) is 11.7. The molecule has 0 radical (unpaired) electrons. The lowest BCUT2D eigenvalue weighted by molar-refractivity contribution is -0.173. The first-order valence-corrected chi connectivity index (χ1v) is 11.8. The van der Waals surface area contributed by atoms with Gasteiger partial charge in [-0.2, -0.15) is 5.26 Å². The van der Waals surface area contributed by atoms with Crippen molar-refractivity contribution in [2.75, 3.05) is 22.6 Å². The van der Waals surface area contributed by atoms with Gasteiger partial charge < -0.3 is 19.7 Å². The maximum atomic E-state index is 13.7. The van der Waals surface area contributed by atoms with Crippen LogP contribution in [0.5, 0.6) is 0 Å². The van der Waals surface area contributed by atoms with Gasteiger partial charge in [0.2, 0.25) is 18.1 Å². The van der Waals surface area contributed by atoms with E-state index >= 15 is 0 Å². The number of hydrogen-bond acceptors (Lipinski definition) is 8. The fourth-order valence-electron chi connectivity index (χ4n) is 3.88. The summed E-state index contributed by atoms with van der Waals surface area (Å²) in [6, 6.07) is 13.0. The van der Waals surface area contributed by atoms with Gasteiger partial charge in [-0.05, 0) is 41.5 Å². The molecule has 1 heterocycles. The van der Waals surface area contributed by atoms with Gasteiger partial charge in [-0.3, -0.25) is 24.0 Å². The number of fused-ring (bicyclic) bond motifs is 1. The van der Waals surface area contributed by atoms with Crippen LogP contribution >= 0.6 is 11.6 Å². The molecule has 192 valence electrons. The smallest absolute Gasteiger partial charge is 0.303 e. The van der Waals surface area contributed by atoms with Gasteiger partial charge in [0.15, 0.2) is 5.78 Å². The number of esters is 2. The molecule has 2 aromatic rings. The number of halogens is 1. The number of anilines is 2. The van der Waals surface area contributed by atoms with Gasteiger partial charge in [0.25, 0.3) is 5.91 Å². The third-order valence-electron chi connectivity index (χ3n) is 5.48. The predicted octanol–water partition coefficient (Wildman–Crippen LogP) is 2.30. The summed E-state index contributed by atoms with van der Waals surface area (Å²) in [7, 11) is 0. The first kappa shape index (κ1) is 27.4. The first-order valence-electron chi connectivity index (χ1n) is 11.3. The van der Waals surface area contributed by atoms with Crippen molar-refractivity contribution in [3.05, 3.63) is 59.2 Å². The molecular weight excluding hydrogens is 502 g/mol. The number of carbonyl (C=O) groups excluding carboxylic acids is 5. The molecule has 2 amide bonds. The Labute approximate surface area is 218 Å². The van der Waals surface area contributed by atoms with Crippen LogP contribution in [-0.2, 0) is 46.3 Å². The van der Waals surface area contributed by atoms with Crippen LogP contribution in [0.4, 0.5) is 11.4 Å². The van der Waals surface area contributed by atoms with Crippen molar-refractivity contribution in [2.45, 2.75) is 38.9 Å². The van der Waals surface area contributed by atoms with E-state index in [-0.39, 0.29) is 31.2 Å². The standard InChI is InChI=1S/C26H24ClN3O7/c1-15(31)36-24(22(33)11-17-3-5-18(14-28)6-4-17)25(37-16(2)32)26(35)30(10-9-27)20-7-8-21-19(12-20)13-23(34)29-21/h3-8,12,24-25H,9-11,13H2,1-2H3,(H,29,34)/t24-,25+/m0/s1. The van der Waals surface area contributed by atoms with Crippen LogP contribution in [0.3, 0.4) is 0 Å². The summed E-state index contributed by atoms with van der Waals surface area (Å²) in [5.41, 5.74) is 2.53. The molecule has 2 aromatic carbocycles. The highest BCUT2D eigenvalue weighted by Crippen LogP contribution is 2.29. The second-order valence-electron chi connectivity index (χ2n) is 8.26. The third-order valence-corrected chi connectivity index (χ3v) is 5.65. The van der Waals surface area contributed by atoms with E-state index in [4.69, 9.17) is 26.3 Å². The average Bonchev–Trinajstić information content (AvgIpc) is 3.23. The number of rotatable bonds is 10. The minimum atomic E-state index is -1.79. The lowest BCUT2D eigenvalue weighted by atomic mass is 9.99. The van der Waals surface area contributed by atoms with Gasteiger partial charge in [0, 0.05) is 44.1 Å². The van der Waals surface area contributed by atoms with Crippen LogP contribution in [0, 0.1) is 11.3 Å². The molecule has 3 rings (SSSR count). The van der Waals surface area contributed by atoms with Crippen LogP contribution < -0.4 is 10.2 Å². The van der Waals surface area contributed by atoms with Crippen molar-refractivity contribution in [2.24, 2.45) is 0 Å². The number of alkyl halides is 1. The largest absolute Gasteiger partial charge is 0.450 e. The summed E-state index contributed by atoms with van der Waals surface area (Å²) < 4.78 is 10.5. The molecule has 11 heteroatoms. The number of hydrogen-bond donors (Lipinski definition) is 1. The highest BCUT2D eigenvalue weighted by atomic mass is 35.5. The normalized spacial score (nSPS) is 13.4. The first-order chi connectivity index (χ1) is 17.6. The summed E-state index contributed by atoms with van der Waals surface area (Å²) in [6.07, 6.45) is -3.65. The maximum Gasteiger partial charge on any atom is 0.303 e. The number of ketones is 1. The molecule has 0 bridgehead atoms. The van der Waals surface area contributed by atoms with E-state index in [0.717, 1.165) is 13.8 Å². The second-order valence-corrected chi connectivity index (χ2v) is 8.64. The number of nitriles is 1. The number of nitrogens with zero attached hydrogens (tertiary/aromatic N) is 2. The Hall–Kier alpha value is -4.23. The molecule has 2 atom stereocenters. The molecule has 0 spiro atoms. The van der Waals surface area contributed by atoms with Gasteiger partial charge in [-0.1, -0.05) is 12.1 Å². The molecule has 37 heavy (non-hydrogen) atoms. The Balaban J connectivity index is 1.96. The van der Waals surface area contributed by atoms with Crippen LogP contribution in [0.25, 0.3) is 0 Å². The fraction of sp³-hybridized carbons (Fsp3) is 0.308. The van der Waals surface area contributed by atoms with E-state index in [1.165, 1.54) is 17.0 Å². The average molecular weight is 526 g/mol. The third kappa shape index (κ3) is 6.92. The second kappa shape index (κ2) is 12.1. The van der Waals surface area contributed by atoms with E-state index in [1.807, 2.05) is 6.07 Å². The number of ether oxygens (including phenoxy) is 2. The van der Waals surface area contributed by atoms with Crippen molar-refractivity contribution in [1.82, 2.24) is 0 Å². The predicted molar refractivity (Wildman–Crippen MR) is 133 cm³/mol. The van der Waals surface area contributed by atoms with Crippen molar-refractivity contribution < 1.29 is 33.4 Å². The minimum Gasteiger partial charge on any atom is -0.450 e. The van der Waals surface area contributed by atoms with Crippen LogP contribution in [-0.4, -0.2) is 54.2 Å². The number of carbonyl (C=O) groups is 5. The highest BCUT2D eigenvalue weighted by Gasteiger charge is 2.41. The zero-order valence-corrected chi connectivity index (χ0v) is 20.9. The fourth-order valence-corrected chi connectivity index (χ4v) is 4.05. The lowest BCUT2D eigenvalue weighted by Gasteiger charge is -2.30. The van der Waals surface area contributed by atoms with Gasteiger partial charge >= 0.3 is 11.9 Å². The summed E-state index contributed by atoms with van der Waals surface area (Å²) in [5.74, 6) is -3.42. The number of Topliss-reactive ketones (excluding diaryl/α,β-unsaturated/α-hetero) is 1. The van der Waals surface area contributed by atoms with E-state index in [1.54, 1.807) is 30.3 Å².